The van der Waals surface area contributed by atoms with Gasteiger partial charge in [-0.1, -0.05) is 5.16 Å². The van der Waals surface area contributed by atoms with Gasteiger partial charge in [-0.3, -0.25) is 0 Å². The zero-order valence-corrected chi connectivity index (χ0v) is 11.0. The average Bonchev–Trinajstić information content (AvgIpc) is 2.28. The minimum absolute atomic E-state index is 0.185. The average molecular weight is 274 g/mol. The van der Waals surface area contributed by atoms with Gasteiger partial charge in [-0.15, -0.1) is 11.8 Å². The van der Waals surface area contributed by atoms with Gasteiger partial charge in [0, 0.05) is 23.3 Å². The quantitative estimate of drug-likeness (QED) is 0.278. The number of sulfone groups is 1. The molecule has 0 radical (unpaired) electrons. The maximum absolute atomic E-state index is 11.2. The molecule has 94 valence electrons. The van der Waals surface area contributed by atoms with E-state index in [1.54, 1.807) is 24.3 Å². The standard InChI is InChI=1S/C10H14N2O3S2/c1-17(14,15)9-4-2-8(3-5-9)16-7-6-10(11)12-13/h2-5,13H,6-7H2,1H3,(H2,11,12). The maximum atomic E-state index is 11.2. The molecule has 0 amide bonds. The molecule has 1 rings (SSSR count). The Bertz CT molecular complexity index is 495. The molecule has 0 saturated carbocycles. The predicted molar refractivity (Wildman–Crippen MR) is 68.3 cm³/mol. The predicted octanol–water partition coefficient (Wildman–Crippen LogP) is 1.32. The lowest BCUT2D eigenvalue weighted by atomic mass is 10.4. The first-order valence-electron chi connectivity index (χ1n) is 4.83. The Morgan fingerprint density at radius 2 is 2.00 bits per heavy atom. The van der Waals surface area contributed by atoms with Gasteiger partial charge >= 0.3 is 0 Å². The zero-order chi connectivity index (χ0) is 12.9. The summed E-state index contributed by atoms with van der Waals surface area (Å²) < 4.78 is 22.4. The molecule has 5 nitrogen and oxygen atoms in total. The molecular formula is C10H14N2O3S2. The summed E-state index contributed by atoms with van der Waals surface area (Å²) in [6.07, 6.45) is 1.66. The molecule has 0 fully saturated rings. The summed E-state index contributed by atoms with van der Waals surface area (Å²) in [5.41, 5.74) is 5.33. The Hall–Kier alpha value is -1.21. The number of nitrogens with two attached hydrogens (primary N) is 1. The van der Waals surface area contributed by atoms with E-state index in [1.807, 2.05) is 0 Å². The van der Waals surface area contributed by atoms with Crippen molar-refractivity contribution in [1.82, 2.24) is 0 Å². The lowest BCUT2D eigenvalue weighted by molar-refractivity contribution is 0.317. The van der Waals surface area contributed by atoms with Crippen LogP contribution in [-0.4, -0.2) is 31.5 Å². The van der Waals surface area contributed by atoms with Gasteiger partial charge in [0.2, 0.25) is 0 Å². The monoisotopic (exact) mass is 274 g/mol. The first kappa shape index (κ1) is 13.9. The third kappa shape index (κ3) is 4.66. The number of hydrogen-bond acceptors (Lipinski definition) is 5. The van der Waals surface area contributed by atoms with Crippen LogP contribution in [0.1, 0.15) is 6.42 Å². The summed E-state index contributed by atoms with van der Waals surface area (Å²) >= 11 is 1.52. The van der Waals surface area contributed by atoms with Gasteiger partial charge in [-0.2, -0.15) is 0 Å². The van der Waals surface area contributed by atoms with Crippen molar-refractivity contribution in [1.29, 1.82) is 0 Å². The molecule has 0 aromatic heterocycles. The van der Waals surface area contributed by atoms with E-state index < -0.39 is 9.84 Å². The largest absolute Gasteiger partial charge is 0.409 e. The lowest BCUT2D eigenvalue weighted by Gasteiger charge is -2.02. The van der Waals surface area contributed by atoms with Crippen molar-refractivity contribution < 1.29 is 13.6 Å². The summed E-state index contributed by atoms with van der Waals surface area (Å²) in [6.45, 7) is 0. The smallest absolute Gasteiger partial charge is 0.175 e. The zero-order valence-electron chi connectivity index (χ0n) is 9.33. The molecule has 1 aromatic carbocycles. The molecular weight excluding hydrogens is 260 g/mol. The van der Waals surface area contributed by atoms with Crippen molar-refractivity contribution in [3.63, 3.8) is 0 Å². The number of thioether (sulfide) groups is 1. The second-order valence-corrected chi connectivity index (χ2v) is 6.62. The number of hydrogen-bond donors (Lipinski definition) is 2. The SMILES string of the molecule is CS(=O)(=O)c1ccc(SCCC(N)=NO)cc1. The second-order valence-electron chi connectivity index (χ2n) is 3.43. The number of oxime groups is 1. The third-order valence-corrected chi connectivity index (χ3v) is 4.15. The van der Waals surface area contributed by atoms with Crippen LogP contribution in [0.4, 0.5) is 0 Å². The fourth-order valence-electron chi connectivity index (χ4n) is 1.11. The summed E-state index contributed by atoms with van der Waals surface area (Å²) in [6, 6.07) is 6.63. The summed E-state index contributed by atoms with van der Waals surface area (Å²) in [5.74, 6) is 0.860. The molecule has 3 N–H and O–H groups in total. The number of amidine groups is 1. The van der Waals surface area contributed by atoms with Gasteiger partial charge in [-0.05, 0) is 24.3 Å². The van der Waals surface area contributed by atoms with Gasteiger partial charge in [0.15, 0.2) is 9.84 Å². The van der Waals surface area contributed by atoms with Crippen LogP contribution in [0.25, 0.3) is 0 Å². The van der Waals surface area contributed by atoms with Crippen molar-refractivity contribution >= 4 is 27.4 Å². The lowest BCUT2D eigenvalue weighted by Crippen LogP contribution is -2.11. The van der Waals surface area contributed by atoms with E-state index in [1.165, 1.54) is 18.0 Å². The minimum atomic E-state index is -3.14. The molecule has 0 saturated heterocycles. The van der Waals surface area contributed by atoms with E-state index in [4.69, 9.17) is 10.9 Å². The first-order valence-corrected chi connectivity index (χ1v) is 7.70. The second kappa shape index (κ2) is 5.92. The molecule has 17 heavy (non-hydrogen) atoms. The van der Waals surface area contributed by atoms with Crippen LogP contribution in [0.3, 0.4) is 0 Å². The van der Waals surface area contributed by atoms with E-state index in [-0.39, 0.29) is 5.84 Å². The van der Waals surface area contributed by atoms with Gasteiger partial charge in [0.05, 0.1) is 4.90 Å². The molecule has 0 atom stereocenters. The highest BCUT2D eigenvalue weighted by molar-refractivity contribution is 7.99. The highest BCUT2D eigenvalue weighted by Gasteiger charge is 2.06. The van der Waals surface area contributed by atoms with E-state index in [0.29, 0.717) is 17.1 Å². The van der Waals surface area contributed by atoms with Gasteiger partial charge in [0.1, 0.15) is 5.84 Å². The molecule has 7 heteroatoms. The Morgan fingerprint density at radius 1 is 1.41 bits per heavy atom. The number of nitrogens with zero attached hydrogens (tertiary/aromatic N) is 1. The van der Waals surface area contributed by atoms with Crippen LogP contribution < -0.4 is 5.73 Å². The van der Waals surface area contributed by atoms with Gasteiger partial charge in [-0.25, -0.2) is 8.42 Å². The molecule has 0 bridgehead atoms. The molecule has 0 heterocycles. The number of benzene rings is 1. The van der Waals surface area contributed by atoms with Crippen LogP contribution >= 0.6 is 11.8 Å². The van der Waals surface area contributed by atoms with Crippen molar-refractivity contribution in [2.45, 2.75) is 16.2 Å². The fourth-order valence-corrected chi connectivity index (χ4v) is 2.61. The van der Waals surface area contributed by atoms with Crippen molar-refractivity contribution in [2.75, 3.05) is 12.0 Å². The van der Waals surface area contributed by atoms with Crippen LogP contribution in [0, 0.1) is 0 Å². The fraction of sp³-hybridized carbons (Fsp3) is 0.300. The molecule has 0 unspecified atom stereocenters. The van der Waals surface area contributed by atoms with Crippen LogP contribution in [0.5, 0.6) is 0 Å². The molecule has 0 aliphatic rings. The number of rotatable bonds is 5. The van der Waals surface area contributed by atoms with E-state index in [2.05, 4.69) is 5.16 Å². The summed E-state index contributed by atoms with van der Waals surface area (Å²) in [7, 11) is -3.14. The Balaban J connectivity index is 2.58. The Labute approximate surface area is 105 Å². The van der Waals surface area contributed by atoms with Gasteiger partial charge < -0.3 is 10.9 Å². The van der Waals surface area contributed by atoms with Crippen molar-refractivity contribution in [3.8, 4) is 0 Å². The van der Waals surface area contributed by atoms with Crippen LogP contribution in [0.15, 0.2) is 39.2 Å². The topological polar surface area (TPSA) is 92.8 Å². The van der Waals surface area contributed by atoms with Crippen molar-refractivity contribution in [3.05, 3.63) is 24.3 Å². The minimum Gasteiger partial charge on any atom is -0.409 e. The highest BCUT2D eigenvalue weighted by atomic mass is 32.2. The van der Waals surface area contributed by atoms with E-state index in [9.17, 15) is 8.42 Å². The highest BCUT2D eigenvalue weighted by Crippen LogP contribution is 2.20. The normalized spacial score (nSPS) is 12.6. The van der Waals surface area contributed by atoms with Crippen LogP contribution in [-0.2, 0) is 9.84 Å². The van der Waals surface area contributed by atoms with Crippen LogP contribution in [0.2, 0.25) is 0 Å². The van der Waals surface area contributed by atoms with E-state index in [0.717, 1.165) is 4.90 Å². The van der Waals surface area contributed by atoms with Gasteiger partial charge in [0.25, 0.3) is 0 Å². The third-order valence-electron chi connectivity index (χ3n) is 2.01. The first-order chi connectivity index (χ1) is 7.93. The summed E-state index contributed by atoms with van der Waals surface area (Å²) in [4.78, 5) is 1.25. The Morgan fingerprint density at radius 3 is 2.47 bits per heavy atom. The molecule has 0 aliphatic heterocycles. The van der Waals surface area contributed by atoms with E-state index >= 15 is 0 Å². The molecule has 1 aromatic rings. The maximum Gasteiger partial charge on any atom is 0.175 e. The Kier molecular flexibility index (Phi) is 4.83. The summed E-state index contributed by atoms with van der Waals surface area (Å²) in [5, 5.41) is 11.2. The molecule has 0 spiro atoms. The van der Waals surface area contributed by atoms with Crippen molar-refractivity contribution in [2.24, 2.45) is 10.9 Å². The molecule has 0 aliphatic carbocycles.